The maximum Gasteiger partial charge on any atom is 0.191 e. The van der Waals surface area contributed by atoms with Crippen LogP contribution in [0.25, 0.3) is 0 Å². The largest absolute Gasteiger partial charge is 0.357 e. The lowest BCUT2D eigenvalue weighted by Crippen LogP contribution is -2.42. The number of guanidine groups is 1. The van der Waals surface area contributed by atoms with E-state index in [0.717, 1.165) is 19.0 Å². The number of aliphatic imine (C=N–C) groups is 1. The van der Waals surface area contributed by atoms with E-state index in [1.54, 1.807) is 0 Å². The van der Waals surface area contributed by atoms with Crippen LogP contribution in [0, 0.1) is 0 Å². The van der Waals surface area contributed by atoms with Crippen molar-refractivity contribution in [3.05, 3.63) is 35.9 Å². The molecule has 3 nitrogen and oxygen atoms in total. The Morgan fingerprint density at radius 3 is 2.52 bits per heavy atom. The summed E-state index contributed by atoms with van der Waals surface area (Å²) in [6.07, 6.45) is 7.81. The van der Waals surface area contributed by atoms with Crippen LogP contribution in [0.3, 0.4) is 0 Å². The van der Waals surface area contributed by atoms with Crippen LogP contribution in [0.15, 0.2) is 35.3 Å². The van der Waals surface area contributed by atoms with Gasteiger partial charge in [-0.3, -0.25) is 4.99 Å². The second-order valence-electron chi connectivity index (χ2n) is 6.47. The van der Waals surface area contributed by atoms with Crippen molar-refractivity contribution >= 4 is 5.96 Å². The fourth-order valence-electron chi connectivity index (χ4n) is 3.29. The van der Waals surface area contributed by atoms with Crippen LogP contribution in [0.4, 0.5) is 0 Å². The molecule has 0 bridgehead atoms. The van der Waals surface area contributed by atoms with Gasteiger partial charge in [0.1, 0.15) is 0 Å². The molecule has 2 N–H and O–H groups in total. The van der Waals surface area contributed by atoms with Gasteiger partial charge in [0.2, 0.25) is 0 Å². The number of hydrogen-bond acceptors (Lipinski definition) is 1. The van der Waals surface area contributed by atoms with Crippen molar-refractivity contribution in [1.29, 1.82) is 0 Å². The van der Waals surface area contributed by atoms with Gasteiger partial charge in [0.15, 0.2) is 5.96 Å². The average Bonchev–Trinajstić information content (AvgIpc) is 3.15. The molecule has 2 saturated carbocycles. The Bertz CT molecular complexity index is 470. The predicted octanol–water partition coefficient (Wildman–Crippen LogP) is 3.22. The van der Waals surface area contributed by atoms with Crippen molar-refractivity contribution in [2.24, 2.45) is 4.99 Å². The second-order valence-corrected chi connectivity index (χ2v) is 6.47. The molecule has 0 saturated heterocycles. The summed E-state index contributed by atoms with van der Waals surface area (Å²) < 4.78 is 0. The molecule has 0 amide bonds. The molecule has 0 radical (unpaired) electrons. The summed E-state index contributed by atoms with van der Waals surface area (Å²) in [7, 11) is 0. The summed E-state index contributed by atoms with van der Waals surface area (Å²) in [4.78, 5) is 4.88. The summed E-state index contributed by atoms with van der Waals surface area (Å²) >= 11 is 0. The molecule has 1 aromatic rings. The highest BCUT2D eigenvalue weighted by Gasteiger charge is 2.44. The topological polar surface area (TPSA) is 36.4 Å². The van der Waals surface area contributed by atoms with Crippen LogP contribution in [0.5, 0.6) is 0 Å². The van der Waals surface area contributed by atoms with Crippen molar-refractivity contribution < 1.29 is 0 Å². The molecule has 0 aliphatic heterocycles. The SMILES string of the molecule is CCNC(=NCC1(c2ccccc2)CC1)NC1CCCC1. The monoisotopic (exact) mass is 285 g/mol. The standard InChI is InChI=1S/C18H27N3/c1-2-19-17(21-16-10-6-7-11-16)20-14-18(12-13-18)15-8-4-3-5-9-15/h3-5,8-9,16H,2,6-7,10-14H2,1H3,(H2,19,20,21). The molecule has 2 aliphatic rings. The number of nitrogens with one attached hydrogen (secondary N) is 2. The van der Waals surface area contributed by atoms with E-state index < -0.39 is 0 Å². The van der Waals surface area contributed by atoms with Crippen molar-refractivity contribution in [2.75, 3.05) is 13.1 Å². The number of nitrogens with zero attached hydrogens (tertiary/aromatic N) is 1. The lowest BCUT2D eigenvalue weighted by Gasteiger charge is -2.19. The van der Waals surface area contributed by atoms with E-state index in [1.165, 1.54) is 44.1 Å². The summed E-state index contributed by atoms with van der Waals surface area (Å²) in [6.45, 7) is 3.96. The zero-order valence-electron chi connectivity index (χ0n) is 13.1. The molecule has 0 atom stereocenters. The van der Waals surface area contributed by atoms with Gasteiger partial charge in [0.05, 0.1) is 6.54 Å². The molecule has 0 unspecified atom stereocenters. The first-order valence-corrected chi connectivity index (χ1v) is 8.43. The van der Waals surface area contributed by atoms with Gasteiger partial charge in [0.25, 0.3) is 0 Å². The van der Waals surface area contributed by atoms with E-state index >= 15 is 0 Å². The molecule has 2 fully saturated rings. The van der Waals surface area contributed by atoms with Gasteiger partial charge < -0.3 is 10.6 Å². The average molecular weight is 285 g/mol. The molecule has 0 spiro atoms. The maximum atomic E-state index is 4.88. The van der Waals surface area contributed by atoms with Crippen LogP contribution >= 0.6 is 0 Å². The highest BCUT2D eigenvalue weighted by atomic mass is 15.2. The Morgan fingerprint density at radius 1 is 1.19 bits per heavy atom. The van der Waals surface area contributed by atoms with Gasteiger partial charge in [-0.15, -0.1) is 0 Å². The van der Waals surface area contributed by atoms with Gasteiger partial charge in [-0.25, -0.2) is 0 Å². The Balaban J connectivity index is 1.64. The quantitative estimate of drug-likeness (QED) is 0.644. The second kappa shape index (κ2) is 6.50. The summed E-state index contributed by atoms with van der Waals surface area (Å²) in [5.41, 5.74) is 1.75. The van der Waals surface area contributed by atoms with Gasteiger partial charge >= 0.3 is 0 Å². The minimum Gasteiger partial charge on any atom is -0.357 e. The van der Waals surface area contributed by atoms with Crippen LogP contribution < -0.4 is 10.6 Å². The first kappa shape index (κ1) is 14.4. The van der Waals surface area contributed by atoms with Crippen LogP contribution in [-0.4, -0.2) is 25.1 Å². The number of rotatable bonds is 5. The first-order chi connectivity index (χ1) is 10.3. The van der Waals surface area contributed by atoms with E-state index in [-0.39, 0.29) is 0 Å². The highest BCUT2D eigenvalue weighted by molar-refractivity contribution is 5.80. The summed E-state index contributed by atoms with van der Waals surface area (Å²) in [5, 5.41) is 7.01. The first-order valence-electron chi connectivity index (χ1n) is 8.43. The third-order valence-corrected chi connectivity index (χ3v) is 4.82. The van der Waals surface area contributed by atoms with Gasteiger partial charge in [-0.1, -0.05) is 43.2 Å². The van der Waals surface area contributed by atoms with Crippen molar-refractivity contribution in [1.82, 2.24) is 10.6 Å². The van der Waals surface area contributed by atoms with E-state index in [1.807, 2.05) is 0 Å². The molecule has 3 heteroatoms. The van der Waals surface area contributed by atoms with E-state index in [0.29, 0.717) is 11.5 Å². The van der Waals surface area contributed by atoms with Crippen LogP contribution in [0.2, 0.25) is 0 Å². The van der Waals surface area contributed by atoms with Gasteiger partial charge in [-0.05, 0) is 38.2 Å². The molecule has 3 rings (SSSR count). The zero-order chi connectivity index (χ0) is 14.5. The fraction of sp³-hybridized carbons (Fsp3) is 0.611. The van der Waals surface area contributed by atoms with E-state index in [2.05, 4.69) is 47.9 Å². The minimum atomic E-state index is 0.305. The maximum absolute atomic E-state index is 4.88. The summed E-state index contributed by atoms with van der Waals surface area (Å²) in [6, 6.07) is 11.5. The molecular weight excluding hydrogens is 258 g/mol. The highest BCUT2D eigenvalue weighted by Crippen LogP contribution is 2.48. The third-order valence-electron chi connectivity index (χ3n) is 4.82. The summed E-state index contributed by atoms with van der Waals surface area (Å²) in [5.74, 6) is 1.01. The Labute approximate surface area is 128 Å². The van der Waals surface area contributed by atoms with E-state index in [9.17, 15) is 0 Å². The lowest BCUT2D eigenvalue weighted by molar-refractivity contribution is 0.608. The molecule has 2 aliphatic carbocycles. The van der Waals surface area contributed by atoms with Gasteiger partial charge in [0, 0.05) is 18.0 Å². The minimum absolute atomic E-state index is 0.305. The molecular formula is C18H27N3. The molecule has 0 heterocycles. The zero-order valence-corrected chi connectivity index (χ0v) is 13.1. The number of hydrogen-bond donors (Lipinski definition) is 2. The normalized spacial score (nSPS) is 21.3. The smallest absolute Gasteiger partial charge is 0.191 e. The Morgan fingerprint density at radius 2 is 1.90 bits per heavy atom. The Kier molecular flexibility index (Phi) is 4.47. The fourth-order valence-corrected chi connectivity index (χ4v) is 3.29. The molecule has 1 aromatic carbocycles. The number of benzene rings is 1. The van der Waals surface area contributed by atoms with Crippen LogP contribution in [-0.2, 0) is 5.41 Å². The molecule has 0 aromatic heterocycles. The van der Waals surface area contributed by atoms with Crippen molar-refractivity contribution in [2.45, 2.75) is 56.9 Å². The molecule has 21 heavy (non-hydrogen) atoms. The Hall–Kier alpha value is -1.51. The predicted molar refractivity (Wildman–Crippen MR) is 88.7 cm³/mol. The molecule has 114 valence electrons. The van der Waals surface area contributed by atoms with Gasteiger partial charge in [-0.2, -0.15) is 0 Å². The lowest BCUT2D eigenvalue weighted by atomic mass is 9.96. The van der Waals surface area contributed by atoms with E-state index in [4.69, 9.17) is 4.99 Å². The van der Waals surface area contributed by atoms with Crippen molar-refractivity contribution in [3.63, 3.8) is 0 Å². The third kappa shape index (κ3) is 3.58. The van der Waals surface area contributed by atoms with Crippen molar-refractivity contribution in [3.8, 4) is 0 Å². The van der Waals surface area contributed by atoms with Crippen LogP contribution in [0.1, 0.15) is 51.0 Å².